The Kier molecular flexibility index (Phi) is 3.42. The third-order valence-corrected chi connectivity index (χ3v) is 4.48. The maximum Gasteiger partial charge on any atom is 0.261 e. The number of furan rings is 1. The number of amides is 1. The zero-order valence-electron chi connectivity index (χ0n) is 13.1. The second kappa shape index (κ2) is 5.61. The van der Waals surface area contributed by atoms with Gasteiger partial charge in [0.05, 0.1) is 5.56 Å². The molecule has 0 fully saturated rings. The van der Waals surface area contributed by atoms with Crippen LogP contribution in [0.3, 0.4) is 0 Å². The van der Waals surface area contributed by atoms with Gasteiger partial charge in [0.25, 0.3) is 5.91 Å². The minimum Gasteiger partial charge on any atom is -0.464 e. The largest absolute Gasteiger partial charge is 0.464 e. The Morgan fingerprint density at radius 1 is 1.33 bits per heavy atom. The summed E-state index contributed by atoms with van der Waals surface area (Å²) in [5.74, 6) is -0.238. The Labute approximate surface area is 141 Å². The predicted molar refractivity (Wildman–Crippen MR) is 93.2 cm³/mol. The molecule has 0 spiro atoms. The number of hydrogen-bond acceptors (Lipinski definition) is 5. The van der Waals surface area contributed by atoms with Crippen LogP contribution in [0.5, 0.6) is 0 Å². The van der Waals surface area contributed by atoms with Gasteiger partial charge >= 0.3 is 0 Å². The smallest absolute Gasteiger partial charge is 0.261 e. The molecule has 0 aliphatic carbocycles. The molecule has 0 bridgehead atoms. The van der Waals surface area contributed by atoms with Gasteiger partial charge in [0, 0.05) is 35.3 Å². The van der Waals surface area contributed by atoms with Crippen LogP contribution in [-0.4, -0.2) is 20.7 Å². The van der Waals surface area contributed by atoms with Crippen LogP contribution in [0, 0.1) is 6.92 Å². The zero-order valence-corrected chi connectivity index (χ0v) is 13.9. The van der Waals surface area contributed by atoms with Crippen molar-refractivity contribution < 1.29 is 9.21 Å². The maximum atomic E-state index is 12.7. The molecule has 0 atom stereocenters. The highest BCUT2D eigenvalue weighted by molar-refractivity contribution is 7.15. The van der Waals surface area contributed by atoms with Crippen LogP contribution in [0.2, 0.25) is 0 Å². The monoisotopic (exact) mass is 338 g/mol. The maximum absolute atomic E-state index is 12.7. The van der Waals surface area contributed by atoms with Gasteiger partial charge in [0.15, 0.2) is 5.13 Å². The van der Waals surface area contributed by atoms with Crippen LogP contribution < -0.4 is 5.32 Å². The Balaban J connectivity index is 1.76. The lowest BCUT2D eigenvalue weighted by molar-refractivity contribution is 0.102. The standard InChI is InChI=1S/C17H14N4O2S/c1-10-7-18-17(24-10)19-16(22)12-8-21(2)20-15(12)13-9-23-14-6-4-3-5-11(13)14/h3-9H,1-2H3,(H,18,19,22). The molecule has 4 rings (SSSR count). The molecule has 4 aromatic rings. The third kappa shape index (κ3) is 2.48. The van der Waals surface area contributed by atoms with Crippen molar-refractivity contribution in [2.75, 3.05) is 5.32 Å². The lowest BCUT2D eigenvalue weighted by Gasteiger charge is -2.01. The molecule has 7 heteroatoms. The molecule has 0 unspecified atom stereocenters. The first-order chi connectivity index (χ1) is 11.6. The van der Waals surface area contributed by atoms with Crippen molar-refractivity contribution in [3.63, 3.8) is 0 Å². The SMILES string of the molecule is Cc1cnc(NC(=O)c2cn(C)nc2-c2coc3ccccc23)s1. The van der Waals surface area contributed by atoms with Gasteiger partial charge in [-0.1, -0.05) is 18.2 Å². The lowest BCUT2D eigenvalue weighted by Crippen LogP contribution is -2.12. The fourth-order valence-electron chi connectivity index (χ4n) is 2.59. The topological polar surface area (TPSA) is 73.0 Å². The summed E-state index contributed by atoms with van der Waals surface area (Å²) < 4.78 is 7.20. The van der Waals surface area contributed by atoms with Gasteiger partial charge < -0.3 is 4.42 Å². The summed E-state index contributed by atoms with van der Waals surface area (Å²) in [6, 6.07) is 7.68. The van der Waals surface area contributed by atoms with Crippen LogP contribution in [0.4, 0.5) is 5.13 Å². The van der Waals surface area contributed by atoms with Gasteiger partial charge in [-0.2, -0.15) is 5.10 Å². The lowest BCUT2D eigenvalue weighted by atomic mass is 10.1. The van der Waals surface area contributed by atoms with E-state index < -0.39 is 0 Å². The molecule has 24 heavy (non-hydrogen) atoms. The number of fused-ring (bicyclic) bond motifs is 1. The van der Waals surface area contributed by atoms with Crippen LogP contribution in [0.15, 0.2) is 47.3 Å². The number of nitrogens with one attached hydrogen (secondary N) is 1. The zero-order chi connectivity index (χ0) is 16.7. The summed E-state index contributed by atoms with van der Waals surface area (Å²) in [5, 5.41) is 8.78. The van der Waals surface area contributed by atoms with Gasteiger partial charge in [0.1, 0.15) is 17.5 Å². The molecule has 0 radical (unpaired) electrons. The van der Waals surface area contributed by atoms with Crippen molar-refractivity contribution in [2.45, 2.75) is 6.92 Å². The summed E-state index contributed by atoms with van der Waals surface area (Å²) in [6.07, 6.45) is 5.07. The fourth-order valence-corrected chi connectivity index (χ4v) is 3.25. The molecule has 0 saturated heterocycles. The first-order valence-electron chi connectivity index (χ1n) is 7.36. The highest BCUT2D eigenvalue weighted by Gasteiger charge is 2.21. The molecule has 1 amide bonds. The molecular formula is C17H14N4O2S. The molecule has 0 saturated carbocycles. The molecule has 0 aliphatic rings. The van der Waals surface area contributed by atoms with E-state index in [-0.39, 0.29) is 5.91 Å². The average Bonchev–Trinajstić information content (AvgIpc) is 3.25. The molecule has 1 aromatic carbocycles. The van der Waals surface area contributed by atoms with E-state index in [1.165, 1.54) is 11.3 Å². The van der Waals surface area contributed by atoms with E-state index in [0.717, 1.165) is 21.4 Å². The number of nitrogens with zero attached hydrogens (tertiary/aromatic N) is 3. The Morgan fingerprint density at radius 3 is 2.96 bits per heavy atom. The van der Waals surface area contributed by atoms with Gasteiger partial charge in [-0.15, -0.1) is 11.3 Å². The second-order valence-electron chi connectivity index (χ2n) is 5.44. The highest BCUT2D eigenvalue weighted by Crippen LogP contribution is 2.32. The number of carbonyl (C=O) groups excluding carboxylic acids is 1. The normalized spacial score (nSPS) is 11.1. The summed E-state index contributed by atoms with van der Waals surface area (Å²) in [6.45, 7) is 1.94. The van der Waals surface area contributed by atoms with Gasteiger partial charge in [-0.25, -0.2) is 4.98 Å². The number of aromatic nitrogens is 3. The number of para-hydroxylation sites is 1. The predicted octanol–water partition coefficient (Wildman–Crippen LogP) is 3.85. The quantitative estimate of drug-likeness (QED) is 0.616. The van der Waals surface area contributed by atoms with Crippen molar-refractivity contribution in [2.24, 2.45) is 7.05 Å². The van der Waals surface area contributed by atoms with Crippen LogP contribution >= 0.6 is 11.3 Å². The second-order valence-corrected chi connectivity index (χ2v) is 6.68. The van der Waals surface area contributed by atoms with Crippen molar-refractivity contribution in [3.8, 4) is 11.3 Å². The molecule has 3 heterocycles. The summed E-state index contributed by atoms with van der Waals surface area (Å²) >= 11 is 1.43. The van der Waals surface area contributed by atoms with E-state index in [4.69, 9.17) is 4.42 Å². The minimum absolute atomic E-state index is 0.238. The first kappa shape index (κ1) is 14.6. The van der Waals surface area contributed by atoms with Crippen molar-refractivity contribution in [3.05, 3.63) is 53.4 Å². The number of aryl methyl sites for hydroxylation is 2. The number of thiazole rings is 1. The average molecular weight is 338 g/mol. The Hall–Kier alpha value is -2.93. The van der Waals surface area contributed by atoms with Crippen LogP contribution in [0.1, 0.15) is 15.2 Å². The van der Waals surface area contributed by atoms with E-state index in [0.29, 0.717) is 16.4 Å². The molecule has 3 aromatic heterocycles. The summed E-state index contributed by atoms with van der Waals surface area (Å²) in [5.41, 5.74) is 2.64. The number of rotatable bonds is 3. The van der Waals surface area contributed by atoms with E-state index in [1.54, 1.807) is 30.4 Å². The van der Waals surface area contributed by atoms with E-state index in [9.17, 15) is 4.79 Å². The van der Waals surface area contributed by atoms with E-state index in [2.05, 4.69) is 15.4 Å². The third-order valence-electron chi connectivity index (χ3n) is 3.65. The molecule has 120 valence electrons. The molecular weight excluding hydrogens is 324 g/mol. The molecule has 6 nitrogen and oxygen atoms in total. The van der Waals surface area contributed by atoms with Crippen molar-refractivity contribution >= 4 is 33.3 Å². The number of anilines is 1. The molecule has 0 aliphatic heterocycles. The minimum atomic E-state index is -0.238. The van der Waals surface area contributed by atoms with Gasteiger partial charge in [-0.3, -0.25) is 14.8 Å². The van der Waals surface area contributed by atoms with E-state index in [1.807, 2.05) is 31.2 Å². The molecule has 1 N–H and O–H groups in total. The van der Waals surface area contributed by atoms with Crippen molar-refractivity contribution in [1.82, 2.24) is 14.8 Å². The first-order valence-corrected chi connectivity index (χ1v) is 8.17. The highest BCUT2D eigenvalue weighted by atomic mass is 32.1. The van der Waals surface area contributed by atoms with Crippen molar-refractivity contribution in [1.29, 1.82) is 0 Å². The summed E-state index contributed by atoms with van der Waals surface area (Å²) in [4.78, 5) is 17.9. The Morgan fingerprint density at radius 2 is 2.17 bits per heavy atom. The Bertz CT molecular complexity index is 1040. The van der Waals surface area contributed by atoms with Crippen LogP contribution in [0.25, 0.3) is 22.2 Å². The van der Waals surface area contributed by atoms with Gasteiger partial charge in [0.2, 0.25) is 0 Å². The summed E-state index contributed by atoms with van der Waals surface area (Å²) in [7, 11) is 1.79. The van der Waals surface area contributed by atoms with E-state index >= 15 is 0 Å². The number of hydrogen-bond donors (Lipinski definition) is 1. The number of carbonyl (C=O) groups is 1. The van der Waals surface area contributed by atoms with Gasteiger partial charge in [-0.05, 0) is 13.0 Å². The number of benzene rings is 1. The fraction of sp³-hybridized carbons (Fsp3) is 0.118. The van der Waals surface area contributed by atoms with Crippen LogP contribution in [-0.2, 0) is 7.05 Å².